The largest absolute Gasteiger partial charge is 0.463 e. The number of esters is 7. The molecule has 0 saturated carbocycles. The summed E-state index contributed by atoms with van der Waals surface area (Å²) in [5, 5.41) is -1.17. The number of alkyl halides is 1. The molecule has 0 bridgehead atoms. The molecule has 17 nitrogen and oxygen atoms in total. The molecule has 0 aromatic carbocycles. The molecule has 248 valence electrons. The summed E-state index contributed by atoms with van der Waals surface area (Å²) in [7, 11) is 0. The Morgan fingerprint density at radius 1 is 0.477 bits per heavy atom. The van der Waals surface area contributed by atoms with Gasteiger partial charge in [0.2, 0.25) is 0 Å². The lowest BCUT2D eigenvalue weighted by molar-refractivity contribution is -0.337. The van der Waals surface area contributed by atoms with Crippen molar-refractivity contribution in [2.24, 2.45) is 0 Å². The average molecular weight is 699 g/mol. The number of rotatable bonds is 11. The highest BCUT2D eigenvalue weighted by molar-refractivity contribution is 9.09. The molecule has 0 aromatic heterocycles. The molecule has 2 aliphatic rings. The van der Waals surface area contributed by atoms with Gasteiger partial charge in [0.15, 0.2) is 36.8 Å². The lowest BCUT2D eigenvalue weighted by Gasteiger charge is -2.48. The van der Waals surface area contributed by atoms with Gasteiger partial charge in [-0.05, 0) is 0 Å². The van der Waals surface area contributed by atoms with E-state index in [9.17, 15) is 33.6 Å². The molecule has 2 heterocycles. The molecule has 2 rings (SSSR count). The van der Waals surface area contributed by atoms with Crippen molar-refractivity contribution >= 4 is 57.7 Å². The quantitative estimate of drug-likeness (QED) is 0.158. The molecule has 0 aliphatic carbocycles. The second kappa shape index (κ2) is 16.6. The third-order valence-corrected chi connectivity index (χ3v) is 6.61. The highest BCUT2D eigenvalue weighted by Gasteiger charge is 2.57. The Morgan fingerprint density at radius 2 is 0.818 bits per heavy atom. The fraction of sp³-hybridized carbons (Fsp3) is 0.731. The van der Waals surface area contributed by atoms with Crippen LogP contribution in [0.2, 0.25) is 0 Å². The Balaban J connectivity index is 2.59. The summed E-state index contributed by atoms with van der Waals surface area (Å²) in [6, 6.07) is 0. The minimum Gasteiger partial charge on any atom is -0.463 e. The summed E-state index contributed by atoms with van der Waals surface area (Å²) < 4.78 is 55.0. The number of hydrogen-bond donors (Lipinski definition) is 0. The monoisotopic (exact) mass is 698 g/mol. The van der Waals surface area contributed by atoms with Gasteiger partial charge >= 0.3 is 41.8 Å². The standard InChI is InChI=1S/C26H35BrO17/c1-10(28)35-8-17-19(37-12(3)30)21(39-14(5)32)23(25(27)42-17)44-26-24(41-16(7)34)22(40-15(6)33)20(38-13(4)31)18(43-26)9-36-11(2)29/h17-26H,8-9H2,1-7H3/t17-,18-,19-,20-,21+,22+,23+,24+,25+,26-/m1/s1. The topological polar surface area (TPSA) is 212 Å². The van der Waals surface area contributed by atoms with Crippen molar-refractivity contribution in [2.45, 2.75) is 109 Å². The van der Waals surface area contributed by atoms with Crippen LogP contribution >= 0.6 is 15.9 Å². The average Bonchev–Trinajstić information content (AvgIpc) is 2.87. The predicted octanol–water partition coefficient (Wildman–Crippen LogP) is 0.00100. The van der Waals surface area contributed by atoms with E-state index >= 15 is 0 Å². The summed E-state index contributed by atoms with van der Waals surface area (Å²) in [6.07, 6.45) is -13.0. The molecule has 0 aromatic rings. The lowest BCUT2D eigenvalue weighted by Crippen LogP contribution is -2.66. The Kier molecular flexibility index (Phi) is 13.9. The minimum atomic E-state index is -1.69. The maximum Gasteiger partial charge on any atom is 0.303 e. The third-order valence-electron chi connectivity index (χ3n) is 5.87. The van der Waals surface area contributed by atoms with E-state index in [0.29, 0.717) is 0 Å². The van der Waals surface area contributed by atoms with E-state index < -0.39 is 115 Å². The van der Waals surface area contributed by atoms with Gasteiger partial charge in [0.25, 0.3) is 0 Å². The van der Waals surface area contributed by atoms with Crippen molar-refractivity contribution in [3.05, 3.63) is 0 Å². The summed E-state index contributed by atoms with van der Waals surface area (Å²) >= 11 is 3.28. The number of halogens is 1. The Bertz CT molecular complexity index is 1090. The number of hydrogen-bond acceptors (Lipinski definition) is 17. The molecule has 2 saturated heterocycles. The van der Waals surface area contributed by atoms with Crippen molar-refractivity contribution < 1.29 is 80.9 Å². The molecule has 10 atom stereocenters. The lowest BCUT2D eigenvalue weighted by atomic mass is 9.96. The molecule has 44 heavy (non-hydrogen) atoms. The highest BCUT2D eigenvalue weighted by Crippen LogP contribution is 2.36. The second-order valence-corrected chi connectivity index (χ2v) is 10.5. The highest BCUT2D eigenvalue weighted by atomic mass is 79.9. The molecule has 18 heteroatoms. The SMILES string of the molecule is CC(=O)OC[C@H]1O[C@H](O[C@H]2[C@@H](OC(C)=O)[C@H](OC(C)=O)[C@@H](COC(C)=O)O[C@@H]2Br)[C@@H](OC(C)=O)[C@@H](OC(C)=O)[C@@H]1OC(C)=O. The first-order valence-electron chi connectivity index (χ1n) is 13.2. The van der Waals surface area contributed by atoms with Crippen LogP contribution in [0.3, 0.4) is 0 Å². The molecule has 0 N–H and O–H groups in total. The first-order valence-corrected chi connectivity index (χ1v) is 14.1. The van der Waals surface area contributed by atoms with E-state index in [2.05, 4.69) is 15.9 Å². The minimum absolute atomic E-state index is 0.404. The van der Waals surface area contributed by atoms with Crippen LogP contribution in [0.5, 0.6) is 0 Å². The number of carbonyl (C=O) groups excluding carboxylic acids is 7. The van der Waals surface area contributed by atoms with Gasteiger partial charge < -0.3 is 47.4 Å². The zero-order chi connectivity index (χ0) is 33.3. The van der Waals surface area contributed by atoms with Crippen molar-refractivity contribution in [3.63, 3.8) is 0 Å². The first kappa shape index (κ1) is 36.8. The van der Waals surface area contributed by atoms with Gasteiger partial charge in [0, 0.05) is 48.5 Å². The molecular formula is C26H35BrO17. The zero-order valence-electron chi connectivity index (χ0n) is 25.0. The van der Waals surface area contributed by atoms with Crippen molar-refractivity contribution in [1.82, 2.24) is 0 Å². The van der Waals surface area contributed by atoms with E-state index in [1.807, 2.05) is 0 Å². The summed E-state index contributed by atoms with van der Waals surface area (Å²) in [5.74, 6) is -5.59. The van der Waals surface area contributed by atoms with E-state index in [0.717, 1.165) is 48.5 Å². The van der Waals surface area contributed by atoms with Gasteiger partial charge in [0.05, 0.1) is 0 Å². The van der Waals surface area contributed by atoms with Gasteiger partial charge in [-0.1, -0.05) is 15.9 Å². The fourth-order valence-electron chi connectivity index (χ4n) is 4.46. The van der Waals surface area contributed by atoms with E-state index in [1.165, 1.54) is 0 Å². The summed E-state index contributed by atoms with van der Waals surface area (Å²) in [6.45, 7) is 6.66. The van der Waals surface area contributed by atoms with Gasteiger partial charge in [-0.3, -0.25) is 33.6 Å². The maximum absolute atomic E-state index is 12.2. The smallest absolute Gasteiger partial charge is 0.303 e. The fourth-order valence-corrected chi connectivity index (χ4v) is 5.16. The van der Waals surface area contributed by atoms with Crippen molar-refractivity contribution in [2.75, 3.05) is 13.2 Å². The van der Waals surface area contributed by atoms with Crippen LogP contribution in [0.15, 0.2) is 0 Å². The first-order chi connectivity index (χ1) is 20.5. The van der Waals surface area contributed by atoms with E-state index in [4.69, 9.17) is 47.4 Å². The number of carbonyl (C=O) groups is 7. The Labute approximate surface area is 260 Å². The Hall–Kier alpha value is -3.35. The van der Waals surface area contributed by atoms with Crippen LogP contribution in [0, 0.1) is 0 Å². The molecular weight excluding hydrogens is 664 g/mol. The van der Waals surface area contributed by atoms with Crippen LogP contribution in [0.25, 0.3) is 0 Å². The normalized spacial score (nSPS) is 31.5. The maximum atomic E-state index is 12.2. The molecule has 0 unspecified atom stereocenters. The van der Waals surface area contributed by atoms with Crippen LogP contribution in [-0.2, 0) is 80.9 Å². The van der Waals surface area contributed by atoms with Crippen molar-refractivity contribution in [1.29, 1.82) is 0 Å². The van der Waals surface area contributed by atoms with Crippen LogP contribution in [0.1, 0.15) is 48.5 Å². The van der Waals surface area contributed by atoms with Gasteiger partial charge in [0.1, 0.15) is 36.5 Å². The molecule has 0 spiro atoms. The summed E-state index contributed by atoms with van der Waals surface area (Å²) in [4.78, 5) is 83.6. The third kappa shape index (κ3) is 11.0. The molecule has 2 aliphatic heterocycles. The second-order valence-electron chi connectivity index (χ2n) is 9.64. The van der Waals surface area contributed by atoms with Crippen LogP contribution in [0.4, 0.5) is 0 Å². The zero-order valence-corrected chi connectivity index (χ0v) is 26.6. The molecule has 0 radical (unpaired) electrons. The van der Waals surface area contributed by atoms with Gasteiger partial charge in [-0.25, -0.2) is 0 Å². The molecule has 2 fully saturated rings. The number of ether oxygens (including phenoxy) is 10. The van der Waals surface area contributed by atoms with Gasteiger partial charge in [-0.15, -0.1) is 0 Å². The summed E-state index contributed by atoms with van der Waals surface area (Å²) in [5.41, 5.74) is 0. The van der Waals surface area contributed by atoms with Crippen LogP contribution in [-0.4, -0.2) is 115 Å². The van der Waals surface area contributed by atoms with Gasteiger partial charge in [-0.2, -0.15) is 0 Å². The van der Waals surface area contributed by atoms with E-state index in [1.54, 1.807) is 0 Å². The van der Waals surface area contributed by atoms with Crippen molar-refractivity contribution in [3.8, 4) is 0 Å². The Morgan fingerprint density at radius 3 is 1.20 bits per heavy atom. The predicted molar refractivity (Wildman–Crippen MR) is 142 cm³/mol. The van der Waals surface area contributed by atoms with Crippen LogP contribution < -0.4 is 0 Å². The molecule has 0 amide bonds. The van der Waals surface area contributed by atoms with E-state index in [-0.39, 0.29) is 0 Å².